The zero-order valence-electron chi connectivity index (χ0n) is 14.6. The van der Waals surface area contributed by atoms with Gasteiger partial charge in [-0.3, -0.25) is 14.5 Å². The number of imide groups is 1. The molecular weight excluding hydrogens is 356 g/mol. The lowest BCUT2D eigenvalue weighted by Gasteiger charge is -2.30. The molecule has 1 atom stereocenters. The first-order valence-electron chi connectivity index (χ1n) is 8.73. The lowest BCUT2D eigenvalue weighted by Crippen LogP contribution is -2.49. The summed E-state index contributed by atoms with van der Waals surface area (Å²) in [5.74, 6) is -0.664. The topological polar surface area (TPSA) is 105 Å². The Hall–Kier alpha value is -2.12. The number of nitrogens with two attached hydrogens (primary N) is 1. The smallest absolute Gasteiger partial charge is 0.325 e. The fraction of sp³-hybridized carbons (Fsp3) is 0.500. The molecule has 0 aromatic heterocycles. The van der Waals surface area contributed by atoms with Gasteiger partial charge in [0.15, 0.2) is 0 Å². The van der Waals surface area contributed by atoms with Crippen molar-refractivity contribution in [1.82, 2.24) is 15.5 Å². The van der Waals surface area contributed by atoms with E-state index in [0.29, 0.717) is 12.8 Å². The maximum Gasteiger partial charge on any atom is 0.325 e. The van der Waals surface area contributed by atoms with Gasteiger partial charge in [0.05, 0.1) is 0 Å². The van der Waals surface area contributed by atoms with E-state index < -0.39 is 11.6 Å². The van der Waals surface area contributed by atoms with Gasteiger partial charge in [0.1, 0.15) is 12.1 Å². The Morgan fingerprint density at radius 3 is 2.50 bits per heavy atom. The molecule has 1 aliphatic carbocycles. The highest BCUT2D eigenvalue weighted by Gasteiger charge is 2.51. The molecule has 1 spiro atoms. The molecule has 0 radical (unpaired) electrons. The first-order valence-corrected chi connectivity index (χ1v) is 8.73. The number of nitrogens with one attached hydrogen (secondary N) is 2. The lowest BCUT2D eigenvalue weighted by atomic mass is 9.82. The summed E-state index contributed by atoms with van der Waals surface area (Å²) in [5.41, 5.74) is 6.16. The van der Waals surface area contributed by atoms with Crippen molar-refractivity contribution in [1.29, 1.82) is 0 Å². The first kappa shape index (κ1) is 20.2. The summed E-state index contributed by atoms with van der Waals surface area (Å²) in [5, 5.41) is 5.50. The van der Waals surface area contributed by atoms with Gasteiger partial charge in [-0.15, -0.1) is 12.4 Å². The lowest BCUT2D eigenvalue weighted by molar-refractivity contribution is -0.135. The highest BCUT2D eigenvalue weighted by Crippen LogP contribution is 2.33. The van der Waals surface area contributed by atoms with Gasteiger partial charge >= 0.3 is 6.03 Å². The molecule has 2 fully saturated rings. The molecule has 142 valence electrons. The van der Waals surface area contributed by atoms with Crippen molar-refractivity contribution in [2.45, 2.75) is 43.7 Å². The molecular formula is C18H25ClN4O3. The van der Waals surface area contributed by atoms with Crippen LogP contribution in [0.3, 0.4) is 0 Å². The summed E-state index contributed by atoms with van der Waals surface area (Å²) in [6.07, 6.45) is 4.20. The van der Waals surface area contributed by atoms with Crippen LogP contribution in [0.2, 0.25) is 0 Å². The molecule has 7 nitrogen and oxygen atoms in total. The number of nitrogens with zero attached hydrogens (tertiary/aromatic N) is 1. The molecule has 2 aliphatic rings. The Morgan fingerprint density at radius 1 is 1.19 bits per heavy atom. The Kier molecular flexibility index (Phi) is 6.61. The van der Waals surface area contributed by atoms with Gasteiger partial charge in [0.25, 0.3) is 5.91 Å². The van der Waals surface area contributed by atoms with E-state index in [1.165, 1.54) is 0 Å². The van der Waals surface area contributed by atoms with E-state index in [-0.39, 0.29) is 43.4 Å². The van der Waals surface area contributed by atoms with Gasteiger partial charge in [-0.1, -0.05) is 49.6 Å². The highest BCUT2D eigenvalue weighted by molar-refractivity contribution is 6.09. The molecule has 26 heavy (non-hydrogen) atoms. The minimum absolute atomic E-state index is 0. The molecule has 1 aliphatic heterocycles. The molecule has 1 saturated heterocycles. The van der Waals surface area contributed by atoms with E-state index in [9.17, 15) is 14.4 Å². The van der Waals surface area contributed by atoms with Gasteiger partial charge in [-0.2, -0.15) is 0 Å². The molecule has 1 heterocycles. The van der Waals surface area contributed by atoms with Crippen LogP contribution in [-0.4, -0.2) is 41.4 Å². The summed E-state index contributed by atoms with van der Waals surface area (Å²) in [7, 11) is 0. The van der Waals surface area contributed by atoms with Crippen LogP contribution >= 0.6 is 12.4 Å². The Labute approximate surface area is 159 Å². The zero-order chi connectivity index (χ0) is 17.9. The molecule has 1 aromatic carbocycles. The monoisotopic (exact) mass is 380 g/mol. The standard InChI is InChI=1S/C18H24N4O3.ClH/c19-14(13-7-3-1-4-8-13)11-20-15(23)12-22-16(24)18(21-17(22)25)9-5-2-6-10-18;/h1,3-4,7-8,14H,2,5-6,9-12,19H2,(H,20,23)(H,21,25);1H. The number of carbonyl (C=O) groups excluding carboxylic acids is 3. The maximum absolute atomic E-state index is 12.6. The van der Waals surface area contributed by atoms with E-state index in [0.717, 1.165) is 29.7 Å². The number of halogens is 1. The van der Waals surface area contributed by atoms with Gasteiger partial charge in [-0.05, 0) is 18.4 Å². The number of amides is 4. The van der Waals surface area contributed by atoms with Gasteiger partial charge in [0, 0.05) is 12.6 Å². The van der Waals surface area contributed by atoms with Crippen LogP contribution < -0.4 is 16.4 Å². The molecule has 8 heteroatoms. The Morgan fingerprint density at radius 2 is 1.85 bits per heavy atom. The van der Waals surface area contributed by atoms with E-state index in [2.05, 4.69) is 10.6 Å². The fourth-order valence-electron chi connectivity index (χ4n) is 3.56. The van der Waals surface area contributed by atoms with Crippen LogP contribution in [0.5, 0.6) is 0 Å². The normalized spacial score (nSPS) is 19.7. The summed E-state index contributed by atoms with van der Waals surface area (Å²) in [6, 6.07) is 8.63. The minimum Gasteiger partial charge on any atom is -0.353 e. The molecule has 4 N–H and O–H groups in total. The van der Waals surface area contributed by atoms with Crippen molar-refractivity contribution < 1.29 is 14.4 Å². The third-order valence-electron chi connectivity index (χ3n) is 5.00. The van der Waals surface area contributed by atoms with Crippen molar-refractivity contribution in [3.63, 3.8) is 0 Å². The fourth-order valence-corrected chi connectivity index (χ4v) is 3.56. The van der Waals surface area contributed by atoms with E-state index in [4.69, 9.17) is 5.73 Å². The van der Waals surface area contributed by atoms with Crippen LogP contribution in [0, 0.1) is 0 Å². The van der Waals surface area contributed by atoms with E-state index >= 15 is 0 Å². The van der Waals surface area contributed by atoms with Crippen molar-refractivity contribution in [3.05, 3.63) is 35.9 Å². The van der Waals surface area contributed by atoms with Crippen molar-refractivity contribution in [3.8, 4) is 0 Å². The number of carbonyl (C=O) groups is 3. The predicted octanol–water partition coefficient (Wildman–Crippen LogP) is 1.48. The van der Waals surface area contributed by atoms with Crippen LogP contribution in [0.15, 0.2) is 30.3 Å². The van der Waals surface area contributed by atoms with Crippen LogP contribution in [0.25, 0.3) is 0 Å². The maximum atomic E-state index is 12.6. The Bertz CT molecular complexity index is 662. The second kappa shape index (κ2) is 8.51. The molecule has 1 unspecified atom stereocenters. The molecule has 1 aromatic rings. The van der Waals surface area contributed by atoms with E-state index in [1.54, 1.807) is 0 Å². The number of hydrogen-bond donors (Lipinski definition) is 3. The van der Waals surface area contributed by atoms with Crippen LogP contribution in [0.4, 0.5) is 4.79 Å². The second-order valence-electron chi connectivity index (χ2n) is 6.79. The predicted molar refractivity (Wildman–Crippen MR) is 99.7 cm³/mol. The van der Waals surface area contributed by atoms with Crippen molar-refractivity contribution in [2.24, 2.45) is 5.73 Å². The third kappa shape index (κ3) is 4.16. The zero-order valence-corrected chi connectivity index (χ0v) is 15.4. The van der Waals surface area contributed by atoms with Gasteiger partial charge < -0.3 is 16.4 Å². The number of urea groups is 1. The van der Waals surface area contributed by atoms with Gasteiger partial charge in [0.2, 0.25) is 5.91 Å². The van der Waals surface area contributed by atoms with Crippen LogP contribution in [-0.2, 0) is 9.59 Å². The summed E-state index contributed by atoms with van der Waals surface area (Å²) in [6.45, 7) is -0.0223. The summed E-state index contributed by atoms with van der Waals surface area (Å²) < 4.78 is 0. The summed E-state index contributed by atoms with van der Waals surface area (Å²) in [4.78, 5) is 37.9. The highest BCUT2D eigenvalue weighted by atomic mass is 35.5. The molecule has 1 saturated carbocycles. The number of hydrogen-bond acceptors (Lipinski definition) is 4. The third-order valence-corrected chi connectivity index (χ3v) is 5.00. The Balaban J connectivity index is 0.00000243. The number of rotatable bonds is 5. The largest absolute Gasteiger partial charge is 0.353 e. The van der Waals surface area contributed by atoms with Crippen molar-refractivity contribution >= 4 is 30.3 Å². The van der Waals surface area contributed by atoms with Crippen LogP contribution in [0.1, 0.15) is 43.7 Å². The quantitative estimate of drug-likeness (QED) is 0.673. The molecule has 4 amide bonds. The average molecular weight is 381 g/mol. The first-order chi connectivity index (χ1) is 12.0. The van der Waals surface area contributed by atoms with E-state index in [1.807, 2.05) is 30.3 Å². The summed E-state index contributed by atoms with van der Waals surface area (Å²) >= 11 is 0. The average Bonchev–Trinajstić information content (AvgIpc) is 2.85. The van der Waals surface area contributed by atoms with Gasteiger partial charge in [-0.25, -0.2) is 4.79 Å². The SMILES string of the molecule is Cl.NC(CNC(=O)CN1C(=O)NC2(CCCCC2)C1=O)c1ccccc1. The van der Waals surface area contributed by atoms with Crippen molar-refractivity contribution in [2.75, 3.05) is 13.1 Å². The number of benzene rings is 1. The second-order valence-corrected chi connectivity index (χ2v) is 6.79. The molecule has 3 rings (SSSR count). The molecule has 0 bridgehead atoms. The minimum atomic E-state index is -0.796.